The van der Waals surface area contributed by atoms with Crippen LogP contribution >= 0.6 is 15.9 Å². The molecule has 1 saturated heterocycles. The van der Waals surface area contributed by atoms with E-state index in [-0.39, 0.29) is 0 Å². The molecular formula is C13H18BrN. The van der Waals surface area contributed by atoms with Crippen molar-refractivity contribution in [1.29, 1.82) is 0 Å². The second kappa shape index (κ2) is 4.26. The van der Waals surface area contributed by atoms with Crippen molar-refractivity contribution in [2.45, 2.75) is 26.2 Å². The van der Waals surface area contributed by atoms with Crippen LogP contribution in [-0.2, 0) is 0 Å². The van der Waals surface area contributed by atoms with Gasteiger partial charge in [-0.05, 0) is 35.4 Å². The number of piperidine rings is 1. The second-order valence-corrected chi connectivity index (χ2v) is 6.16. The summed E-state index contributed by atoms with van der Waals surface area (Å²) >= 11 is 3.48. The number of benzene rings is 1. The highest BCUT2D eigenvalue weighted by atomic mass is 79.9. The Morgan fingerprint density at radius 3 is 2.53 bits per heavy atom. The van der Waals surface area contributed by atoms with Gasteiger partial charge in [0.1, 0.15) is 0 Å². The fourth-order valence-electron chi connectivity index (χ4n) is 2.37. The molecule has 15 heavy (non-hydrogen) atoms. The molecule has 0 radical (unpaired) electrons. The van der Waals surface area contributed by atoms with Crippen molar-refractivity contribution >= 4 is 15.9 Å². The van der Waals surface area contributed by atoms with Gasteiger partial charge < -0.3 is 5.32 Å². The van der Waals surface area contributed by atoms with Crippen LogP contribution in [-0.4, -0.2) is 13.1 Å². The Kier molecular flexibility index (Phi) is 3.17. The third-order valence-electron chi connectivity index (χ3n) is 3.13. The first kappa shape index (κ1) is 11.2. The maximum Gasteiger partial charge on any atom is 0.0175 e. The van der Waals surface area contributed by atoms with E-state index >= 15 is 0 Å². The van der Waals surface area contributed by atoms with Gasteiger partial charge in [0.25, 0.3) is 0 Å². The smallest absolute Gasteiger partial charge is 0.0175 e. The van der Waals surface area contributed by atoms with Crippen LogP contribution in [0.2, 0.25) is 0 Å². The molecule has 0 aromatic heterocycles. The Labute approximate surface area is 100 Å². The zero-order chi connectivity index (χ0) is 10.9. The van der Waals surface area contributed by atoms with E-state index in [0.717, 1.165) is 17.6 Å². The first-order valence-electron chi connectivity index (χ1n) is 5.53. The number of hydrogen-bond acceptors (Lipinski definition) is 1. The van der Waals surface area contributed by atoms with Crippen LogP contribution in [0.1, 0.15) is 31.7 Å². The van der Waals surface area contributed by atoms with Crippen molar-refractivity contribution in [2.24, 2.45) is 5.41 Å². The summed E-state index contributed by atoms with van der Waals surface area (Å²) in [6.07, 6.45) is 1.28. The lowest BCUT2D eigenvalue weighted by Crippen LogP contribution is -2.40. The van der Waals surface area contributed by atoms with Crippen LogP contribution < -0.4 is 5.32 Å². The molecule has 1 aromatic carbocycles. The molecule has 0 bridgehead atoms. The van der Waals surface area contributed by atoms with Crippen molar-refractivity contribution in [3.63, 3.8) is 0 Å². The summed E-state index contributed by atoms with van der Waals surface area (Å²) in [6, 6.07) is 8.74. The minimum absolute atomic E-state index is 0.427. The summed E-state index contributed by atoms with van der Waals surface area (Å²) in [6.45, 7) is 6.93. The van der Waals surface area contributed by atoms with Crippen molar-refractivity contribution in [3.8, 4) is 0 Å². The Morgan fingerprint density at radius 2 is 1.93 bits per heavy atom. The largest absolute Gasteiger partial charge is 0.316 e. The molecule has 1 fully saturated rings. The van der Waals surface area contributed by atoms with Crippen molar-refractivity contribution in [1.82, 2.24) is 5.32 Å². The van der Waals surface area contributed by atoms with Gasteiger partial charge in [0.2, 0.25) is 0 Å². The minimum Gasteiger partial charge on any atom is -0.316 e. The topological polar surface area (TPSA) is 12.0 Å². The molecule has 1 atom stereocenters. The normalized spacial score (nSPS) is 25.1. The van der Waals surface area contributed by atoms with Crippen LogP contribution in [0.3, 0.4) is 0 Å². The maximum absolute atomic E-state index is 3.53. The summed E-state index contributed by atoms with van der Waals surface area (Å²) < 4.78 is 1.16. The van der Waals surface area contributed by atoms with E-state index < -0.39 is 0 Å². The van der Waals surface area contributed by atoms with Gasteiger partial charge in [0.15, 0.2) is 0 Å². The fourth-order valence-corrected chi connectivity index (χ4v) is 2.63. The van der Waals surface area contributed by atoms with E-state index in [1.165, 1.54) is 12.0 Å². The maximum atomic E-state index is 3.53. The quantitative estimate of drug-likeness (QED) is 0.821. The van der Waals surface area contributed by atoms with Gasteiger partial charge >= 0.3 is 0 Å². The standard InChI is InChI=1S/C13H18BrN/c1-13(2)7-11(8-15-9-13)10-3-5-12(14)6-4-10/h3-6,11,15H,7-9H2,1-2H3. The summed E-state index contributed by atoms with van der Waals surface area (Å²) in [5, 5.41) is 3.53. The van der Waals surface area contributed by atoms with E-state index in [4.69, 9.17) is 0 Å². The van der Waals surface area contributed by atoms with Crippen molar-refractivity contribution in [2.75, 3.05) is 13.1 Å². The Balaban J connectivity index is 2.13. The summed E-state index contributed by atoms with van der Waals surface area (Å²) in [7, 11) is 0. The average Bonchev–Trinajstić information content (AvgIpc) is 2.17. The zero-order valence-electron chi connectivity index (χ0n) is 9.39. The van der Waals surface area contributed by atoms with E-state index in [2.05, 4.69) is 59.4 Å². The first-order chi connectivity index (χ1) is 7.07. The molecule has 0 amide bonds. The van der Waals surface area contributed by atoms with E-state index in [1.54, 1.807) is 0 Å². The lowest BCUT2D eigenvalue weighted by Gasteiger charge is -2.36. The van der Waals surface area contributed by atoms with E-state index in [9.17, 15) is 0 Å². The molecule has 1 aromatic rings. The van der Waals surface area contributed by atoms with Crippen LogP contribution in [0.25, 0.3) is 0 Å². The molecule has 0 aliphatic carbocycles. The molecule has 1 heterocycles. The molecule has 0 spiro atoms. The highest BCUT2D eigenvalue weighted by molar-refractivity contribution is 9.10. The van der Waals surface area contributed by atoms with E-state index in [0.29, 0.717) is 11.3 Å². The van der Waals surface area contributed by atoms with Gasteiger partial charge in [0.05, 0.1) is 0 Å². The van der Waals surface area contributed by atoms with Gasteiger partial charge in [-0.1, -0.05) is 41.9 Å². The SMILES string of the molecule is CC1(C)CNCC(c2ccc(Br)cc2)C1. The van der Waals surface area contributed by atoms with Gasteiger partial charge in [0, 0.05) is 17.6 Å². The predicted molar refractivity (Wildman–Crippen MR) is 68.2 cm³/mol. The second-order valence-electron chi connectivity index (χ2n) is 5.25. The highest BCUT2D eigenvalue weighted by Crippen LogP contribution is 2.34. The molecule has 1 unspecified atom stereocenters. The average molecular weight is 268 g/mol. The van der Waals surface area contributed by atoms with E-state index in [1.807, 2.05) is 0 Å². The molecule has 1 aliphatic heterocycles. The molecule has 1 nitrogen and oxygen atoms in total. The Morgan fingerprint density at radius 1 is 1.27 bits per heavy atom. The minimum atomic E-state index is 0.427. The number of halogens is 1. The monoisotopic (exact) mass is 267 g/mol. The highest BCUT2D eigenvalue weighted by Gasteiger charge is 2.28. The number of nitrogens with one attached hydrogen (secondary N) is 1. The molecule has 1 aliphatic rings. The summed E-state index contributed by atoms with van der Waals surface area (Å²) in [5.41, 5.74) is 1.88. The fraction of sp³-hybridized carbons (Fsp3) is 0.538. The predicted octanol–water partition coefficient (Wildman–Crippen LogP) is 3.55. The molecule has 82 valence electrons. The summed E-state index contributed by atoms with van der Waals surface area (Å²) in [5.74, 6) is 0.668. The zero-order valence-corrected chi connectivity index (χ0v) is 11.0. The van der Waals surface area contributed by atoms with Gasteiger partial charge in [-0.3, -0.25) is 0 Å². The van der Waals surface area contributed by atoms with Crippen LogP contribution in [0.15, 0.2) is 28.7 Å². The van der Waals surface area contributed by atoms with Gasteiger partial charge in [-0.25, -0.2) is 0 Å². The number of hydrogen-bond donors (Lipinski definition) is 1. The van der Waals surface area contributed by atoms with Crippen LogP contribution in [0, 0.1) is 5.41 Å². The lowest BCUT2D eigenvalue weighted by atomic mass is 9.77. The Bertz CT molecular complexity index is 329. The molecular weight excluding hydrogens is 250 g/mol. The molecule has 0 saturated carbocycles. The first-order valence-corrected chi connectivity index (χ1v) is 6.32. The Hall–Kier alpha value is -0.340. The summed E-state index contributed by atoms with van der Waals surface area (Å²) in [4.78, 5) is 0. The molecule has 2 heteroatoms. The lowest BCUT2D eigenvalue weighted by molar-refractivity contribution is 0.240. The van der Waals surface area contributed by atoms with Gasteiger partial charge in [-0.2, -0.15) is 0 Å². The number of rotatable bonds is 1. The third-order valence-corrected chi connectivity index (χ3v) is 3.66. The van der Waals surface area contributed by atoms with Crippen molar-refractivity contribution in [3.05, 3.63) is 34.3 Å². The van der Waals surface area contributed by atoms with Crippen LogP contribution in [0.4, 0.5) is 0 Å². The van der Waals surface area contributed by atoms with Gasteiger partial charge in [-0.15, -0.1) is 0 Å². The van der Waals surface area contributed by atoms with Crippen LogP contribution in [0.5, 0.6) is 0 Å². The third kappa shape index (κ3) is 2.82. The molecule has 1 N–H and O–H groups in total. The van der Waals surface area contributed by atoms with Crippen molar-refractivity contribution < 1.29 is 0 Å². The molecule has 2 rings (SSSR count).